The van der Waals surface area contributed by atoms with Gasteiger partial charge in [0, 0.05) is 43.8 Å². The van der Waals surface area contributed by atoms with Crippen LogP contribution in [0.4, 0.5) is 5.69 Å². The molecule has 21 heavy (non-hydrogen) atoms. The Morgan fingerprint density at radius 3 is 2.38 bits per heavy atom. The van der Waals surface area contributed by atoms with Gasteiger partial charge < -0.3 is 15.5 Å². The van der Waals surface area contributed by atoms with Crippen molar-refractivity contribution in [3.63, 3.8) is 0 Å². The van der Waals surface area contributed by atoms with Crippen LogP contribution in [0.3, 0.4) is 0 Å². The lowest BCUT2D eigenvalue weighted by molar-refractivity contribution is -0.131. The van der Waals surface area contributed by atoms with Gasteiger partial charge in [-0.2, -0.15) is 0 Å². The highest BCUT2D eigenvalue weighted by Crippen LogP contribution is 2.21. The Morgan fingerprint density at radius 1 is 1.19 bits per heavy atom. The van der Waals surface area contributed by atoms with Crippen molar-refractivity contribution in [1.29, 1.82) is 0 Å². The van der Waals surface area contributed by atoms with Crippen LogP contribution in [0.15, 0.2) is 24.3 Å². The summed E-state index contributed by atoms with van der Waals surface area (Å²) in [5.41, 5.74) is 8.26. The van der Waals surface area contributed by atoms with Crippen LogP contribution in [0.2, 0.25) is 0 Å². The quantitative estimate of drug-likeness (QED) is 0.924. The molecule has 2 N–H and O–H groups in total. The Bertz CT molecular complexity index is 485. The molecule has 2 rings (SSSR count). The number of amides is 1. The molecule has 0 atom stereocenters. The molecule has 0 radical (unpaired) electrons. The molecule has 1 aromatic carbocycles. The first-order valence-electron chi connectivity index (χ1n) is 7.74. The fraction of sp³-hybridized carbons (Fsp3) is 0.588. The van der Waals surface area contributed by atoms with Crippen LogP contribution in [0.25, 0.3) is 0 Å². The zero-order valence-corrected chi connectivity index (χ0v) is 13.4. The van der Waals surface area contributed by atoms with Gasteiger partial charge in [-0.3, -0.25) is 4.79 Å². The van der Waals surface area contributed by atoms with E-state index in [-0.39, 0.29) is 11.4 Å². The van der Waals surface area contributed by atoms with E-state index >= 15 is 0 Å². The molecule has 0 aliphatic carbocycles. The monoisotopic (exact) mass is 289 g/mol. The molecule has 0 unspecified atom stereocenters. The number of rotatable bonds is 4. The van der Waals surface area contributed by atoms with Crippen molar-refractivity contribution in [1.82, 2.24) is 4.90 Å². The number of para-hydroxylation sites is 1. The Kier molecular flexibility index (Phi) is 4.88. The van der Waals surface area contributed by atoms with E-state index < -0.39 is 0 Å². The van der Waals surface area contributed by atoms with Gasteiger partial charge in [0.25, 0.3) is 0 Å². The van der Waals surface area contributed by atoms with Crippen molar-refractivity contribution < 1.29 is 4.79 Å². The summed E-state index contributed by atoms with van der Waals surface area (Å²) in [5, 5.41) is 0. The van der Waals surface area contributed by atoms with Gasteiger partial charge >= 0.3 is 0 Å². The zero-order chi connectivity index (χ0) is 15.5. The maximum Gasteiger partial charge on any atom is 0.222 e. The molecule has 1 fully saturated rings. The van der Waals surface area contributed by atoms with Gasteiger partial charge in [0.15, 0.2) is 0 Å². The van der Waals surface area contributed by atoms with E-state index in [9.17, 15) is 4.79 Å². The highest BCUT2D eigenvalue weighted by molar-refractivity contribution is 5.76. The lowest BCUT2D eigenvalue weighted by Crippen LogP contribution is -2.49. The van der Waals surface area contributed by atoms with E-state index in [1.54, 1.807) is 0 Å². The average Bonchev–Trinajstić information content (AvgIpc) is 2.45. The number of benzene rings is 1. The molecule has 1 aliphatic rings. The average molecular weight is 289 g/mol. The van der Waals surface area contributed by atoms with Gasteiger partial charge in [0.1, 0.15) is 0 Å². The second-order valence-corrected chi connectivity index (χ2v) is 6.64. The Hall–Kier alpha value is -1.55. The maximum absolute atomic E-state index is 12.2. The molecule has 0 bridgehead atoms. The number of piperazine rings is 1. The summed E-state index contributed by atoms with van der Waals surface area (Å²) in [4.78, 5) is 16.5. The second-order valence-electron chi connectivity index (χ2n) is 6.64. The fourth-order valence-corrected chi connectivity index (χ4v) is 2.70. The van der Waals surface area contributed by atoms with Crippen LogP contribution < -0.4 is 10.6 Å². The number of aryl methyl sites for hydroxylation is 1. The maximum atomic E-state index is 12.2. The Morgan fingerprint density at radius 2 is 1.81 bits per heavy atom. The normalized spacial score (nSPS) is 16.2. The van der Waals surface area contributed by atoms with E-state index in [2.05, 4.69) is 36.1 Å². The molecular weight excluding hydrogens is 262 g/mol. The van der Waals surface area contributed by atoms with Crippen molar-refractivity contribution in [2.75, 3.05) is 31.1 Å². The first kappa shape index (κ1) is 15.8. The lowest BCUT2D eigenvalue weighted by Gasteiger charge is -2.37. The van der Waals surface area contributed by atoms with Crippen molar-refractivity contribution in [3.05, 3.63) is 29.8 Å². The van der Waals surface area contributed by atoms with Gasteiger partial charge in [0.05, 0.1) is 0 Å². The van der Waals surface area contributed by atoms with Gasteiger partial charge in [-0.05, 0) is 38.8 Å². The largest absolute Gasteiger partial charge is 0.368 e. The minimum Gasteiger partial charge on any atom is -0.368 e. The first-order chi connectivity index (χ1) is 9.87. The molecule has 116 valence electrons. The SMILES string of the molecule is Cc1ccccc1N1CCN(C(=O)CCC(C)(C)N)CC1. The second kappa shape index (κ2) is 6.48. The summed E-state index contributed by atoms with van der Waals surface area (Å²) >= 11 is 0. The third-order valence-corrected chi connectivity index (χ3v) is 4.07. The fourth-order valence-electron chi connectivity index (χ4n) is 2.70. The summed E-state index contributed by atoms with van der Waals surface area (Å²) < 4.78 is 0. The van der Waals surface area contributed by atoms with E-state index in [1.807, 2.05) is 18.7 Å². The number of anilines is 1. The van der Waals surface area contributed by atoms with Crippen LogP contribution in [0, 0.1) is 6.92 Å². The van der Waals surface area contributed by atoms with Gasteiger partial charge in [-0.25, -0.2) is 0 Å². The standard InChI is InChI=1S/C17H27N3O/c1-14-6-4-5-7-15(14)19-10-12-20(13-11-19)16(21)8-9-17(2,3)18/h4-7H,8-13,18H2,1-3H3. The molecule has 1 aliphatic heterocycles. The molecule has 1 saturated heterocycles. The Balaban J connectivity index is 1.86. The van der Waals surface area contributed by atoms with E-state index in [1.165, 1.54) is 11.3 Å². The third-order valence-electron chi connectivity index (χ3n) is 4.07. The van der Waals surface area contributed by atoms with E-state index in [0.29, 0.717) is 6.42 Å². The molecule has 1 amide bonds. The number of hydrogen-bond acceptors (Lipinski definition) is 3. The number of carbonyl (C=O) groups excluding carboxylic acids is 1. The lowest BCUT2D eigenvalue weighted by atomic mass is 9.99. The van der Waals surface area contributed by atoms with Crippen LogP contribution in [0.1, 0.15) is 32.3 Å². The predicted molar refractivity (Wildman–Crippen MR) is 87.5 cm³/mol. The molecule has 4 nitrogen and oxygen atoms in total. The van der Waals surface area contributed by atoms with Crippen molar-refractivity contribution in [2.24, 2.45) is 5.73 Å². The zero-order valence-electron chi connectivity index (χ0n) is 13.4. The summed E-state index contributed by atoms with van der Waals surface area (Å²) in [6.07, 6.45) is 1.29. The van der Waals surface area contributed by atoms with Crippen molar-refractivity contribution in [3.8, 4) is 0 Å². The first-order valence-corrected chi connectivity index (χ1v) is 7.74. The van der Waals surface area contributed by atoms with Crippen LogP contribution in [-0.2, 0) is 4.79 Å². The number of nitrogens with zero attached hydrogens (tertiary/aromatic N) is 2. The van der Waals surface area contributed by atoms with Crippen molar-refractivity contribution >= 4 is 11.6 Å². The molecule has 0 aromatic heterocycles. The molecule has 0 saturated carbocycles. The molecular formula is C17H27N3O. The van der Waals surface area contributed by atoms with Crippen LogP contribution in [0.5, 0.6) is 0 Å². The third kappa shape index (κ3) is 4.46. The summed E-state index contributed by atoms with van der Waals surface area (Å²) in [7, 11) is 0. The smallest absolute Gasteiger partial charge is 0.222 e. The van der Waals surface area contributed by atoms with Gasteiger partial charge in [-0.1, -0.05) is 18.2 Å². The molecule has 1 heterocycles. The molecule has 0 spiro atoms. The summed E-state index contributed by atoms with van der Waals surface area (Å²) in [6.45, 7) is 9.49. The number of hydrogen-bond donors (Lipinski definition) is 1. The number of nitrogens with two attached hydrogens (primary N) is 1. The summed E-state index contributed by atoms with van der Waals surface area (Å²) in [6, 6.07) is 8.43. The predicted octanol–water partition coefficient (Wildman–Crippen LogP) is 2.16. The van der Waals surface area contributed by atoms with Crippen LogP contribution >= 0.6 is 0 Å². The Labute approximate surface area is 127 Å². The van der Waals surface area contributed by atoms with Gasteiger partial charge in [0.2, 0.25) is 5.91 Å². The molecule has 1 aromatic rings. The van der Waals surface area contributed by atoms with Crippen molar-refractivity contribution in [2.45, 2.75) is 39.2 Å². The van der Waals surface area contributed by atoms with Crippen LogP contribution in [-0.4, -0.2) is 42.5 Å². The minimum atomic E-state index is -0.265. The van der Waals surface area contributed by atoms with E-state index in [4.69, 9.17) is 5.73 Å². The van der Waals surface area contributed by atoms with E-state index in [0.717, 1.165) is 32.6 Å². The van der Waals surface area contributed by atoms with Gasteiger partial charge in [-0.15, -0.1) is 0 Å². The summed E-state index contributed by atoms with van der Waals surface area (Å²) in [5.74, 6) is 0.234. The number of carbonyl (C=O) groups is 1. The topological polar surface area (TPSA) is 49.6 Å². The highest BCUT2D eigenvalue weighted by atomic mass is 16.2. The highest BCUT2D eigenvalue weighted by Gasteiger charge is 2.23. The minimum absolute atomic E-state index is 0.234. The molecule has 4 heteroatoms.